The fraction of sp³-hybridized carbons (Fsp3) is 0.450. The third kappa shape index (κ3) is 5.10. The summed E-state index contributed by atoms with van der Waals surface area (Å²) in [7, 11) is 0. The molecule has 1 fully saturated rings. The van der Waals surface area contributed by atoms with Crippen molar-refractivity contribution in [3.05, 3.63) is 46.7 Å². The molecule has 0 spiro atoms. The maximum absolute atomic E-state index is 12.6. The van der Waals surface area contributed by atoms with Gasteiger partial charge in [-0.2, -0.15) is 0 Å². The molecule has 0 bridgehead atoms. The summed E-state index contributed by atoms with van der Waals surface area (Å²) in [6.07, 6.45) is 7.88. The summed E-state index contributed by atoms with van der Waals surface area (Å²) in [5.41, 5.74) is 0.541. The summed E-state index contributed by atoms with van der Waals surface area (Å²) < 4.78 is 2.09. The zero-order valence-electron chi connectivity index (χ0n) is 15.8. The SMILES string of the molecule is C=CCn1c(SC(C)C(=O)Nc2ccc(Cl)cc2Cl)nnc1C1CCCCC1. The number of carbonyl (C=O) groups is 1. The Hall–Kier alpha value is -1.50. The van der Waals surface area contributed by atoms with Gasteiger partial charge in [0.2, 0.25) is 5.91 Å². The van der Waals surface area contributed by atoms with Crippen molar-refractivity contribution in [1.29, 1.82) is 0 Å². The highest BCUT2D eigenvalue weighted by atomic mass is 35.5. The topological polar surface area (TPSA) is 59.8 Å². The highest BCUT2D eigenvalue weighted by Crippen LogP contribution is 2.34. The van der Waals surface area contributed by atoms with Crippen LogP contribution in [0, 0.1) is 0 Å². The van der Waals surface area contributed by atoms with Gasteiger partial charge in [-0.1, -0.05) is 60.3 Å². The molecule has 2 aromatic rings. The van der Waals surface area contributed by atoms with E-state index in [1.54, 1.807) is 18.2 Å². The van der Waals surface area contributed by atoms with Crippen molar-refractivity contribution in [3.8, 4) is 0 Å². The van der Waals surface area contributed by atoms with Gasteiger partial charge in [-0.25, -0.2) is 0 Å². The van der Waals surface area contributed by atoms with Crippen molar-refractivity contribution in [2.75, 3.05) is 5.32 Å². The van der Waals surface area contributed by atoms with Gasteiger partial charge in [-0.05, 0) is 38.0 Å². The van der Waals surface area contributed by atoms with Crippen molar-refractivity contribution in [2.24, 2.45) is 0 Å². The van der Waals surface area contributed by atoms with Gasteiger partial charge in [0, 0.05) is 17.5 Å². The molecular weight excluding hydrogens is 415 g/mol. The van der Waals surface area contributed by atoms with E-state index in [2.05, 4.69) is 26.7 Å². The van der Waals surface area contributed by atoms with Crippen LogP contribution in [-0.2, 0) is 11.3 Å². The lowest BCUT2D eigenvalue weighted by Gasteiger charge is -2.21. The first-order chi connectivity index (χ1) is 13.5. The predicted molar refractivity (Wildman–Crippen MR) is 116 cm³/mol. The number of carbonyl (C=O) groups excluding carboxylic acids is 1. The van der Waals surface area contributed by atoms with Crippen molar-refractivity contribution in [2.45, 2.75) is 61.9 Å². The highest BCUT2D eigenvalue weighted by Gasteiger charge is 2.25. The van der Waals surface area contributed by atoms with Crippen molar-refractivity contribution in [1.82, 2.24) is 14.8 Å². The zero-order chi connectivity index (χ0) is 20.1. The van der Waals surface area contributed by atoms with Crippen LogP contribution in [0.4, 0.5) is 5.69 Å². The predicted octanol–water partition coefficient (Wildman–Crippen LogP) is 5.94. The third-order valence-corrected chi connectivity index (χ3v) is 6.50. The molecule has 0 saturated heterocycles. The number of amides is 1. The normalized spacial score (nSPS) is 16.0. The van der Waals surface area contributed by atoms with Crippen LogP contribution >= 0.6 is 35.0 Å². The van der Waals surface area contributed by atoms with E-state index in [0.717, 1.165) is 23.8 Å². The first-order valence-electron chi connectivity index (χ1n) is 9.46. The molecular formula is C20H24Cl2N4OS. The molecule has 1 saturated carbocycles. The summed E-state index contributed by atoms with van der Waals surface area (Å²) in [5, 5.41) is 13.0. The highest BCUT2D eigenvalue weighted by molar-refractivity contribution is 8.00. The molecule has 1 aliphatic carbocycles. The van der Waals surface area contributed by atoms with Crippen LogP contribution in [0.25, 0.3) is 0 Å². The number of rotatable bonds is 7. The third-order valence-electron chi connectivity index (χ3n) is 4.87. The average molecular weight is 439 g/mol. The first-order valence-corrected chi connectivity index (χ1v) is 11.1. The summed E-state index contributed by atoms with van der Waals surface area (Å²) in [5.74, 6) is 1.30. The van der Waals surface area contributed by atoms with E-state index in [1.165, 1.54) is 31.0 Å². The lowest BCUT2D eigenvalue weighted by Crippen LogP contribution is -2.23. The number of allylic oxidation sites excluding steroid dienone is 1. The molecule has 0 aliphatic heterocycles. The van der Waals surface area contributed by atoms with Gasteiger partial charge in [0.1, 0.15) is 5.82 Å². The molecule has 1 atom stereocenters. The van der Waals surface area contributed by atoms with E-state index in [9.17, 15) is 4.79 Å². The molecule has 8 heteroatoms. The fourth-order valence-electron chi connectivity index (χ4n) is 3.39. The Morgan fingerprint density at radius 1 is 1.36 bits per heavy atom. The van der Waals surface area contributed by atoms with Crippen LogP contribution in [0.2, 0.25) is 10.0 Å². The van der Waals surface area contributed by atoms with Gasteiger partial charge in [0.15, 0.2) is 5.16 Å². The van der Waals surface area contributed by atoms with Gasteiger partial charge < -0.3 is 9.88 Å². The number of anilines is 1. The Kier molecular flexibility index (Phi) is 7.43. The minimum Gasteiger partial charge on any atom is -0.324 e. The monoisotopic (exact) mass is 438 g/mol. The Morgan fingerprint density at radius 3 is 2.79 bits per heavy atom. The van der Waals surface area contributed by atoms with Crippen LogP contribution in [0.5, 0.6) is 0 Å². The average Bonchev–Trinajstić information content (AvgIpc) is 3.07. The summed E-state index contributed by atoms with van der Waals surface area (Å²) in [6.45, 7) is 6.34. The minimum atomic E-state index is -0.362. The summed E-state index contributed by atoms with van der Waals surface area (Å²) >= 11 is 13.5. The molecule has 1 N–H and O–H groups in total. The Morgan fingerprint density at radius 2 is 2.11 bits per heavy atom. The number of benzene rings is 1. The second-order valence-electron chi connectivity index (χ2n) is 6.95. The largest absolute Gasteiger partial charge is 0.324 e. The first kappa shape index (κ1) is 21.2. The number of aromatic nitrogens is 3. The van der Waals surface area contributed by atoms with Crippen LogP contribution in [0.3, 0.4) is 0 Å². The van der Waals surface area contributed by atoms with Crippen LogP contribution in [0.1, 0.15) is 50.8 Å². The van der Waals surface area contributed by atoms with Gasteiger partial charge in [0.05, 0.1) is 16.0 Å². The summed E-state index contributed by atoms with van der Waals surface area (Å²) in [6, 6.07) is 4.99. The van der Waals surface area contributed by atoms with Gasteiger partial charge >= 0.3 is 0 Å². The second-order valence-corrected chi connectivity index (χ2v) is 9.10. The van der Waals surface area contributed by atoms with Crippen molar-refractivity contribution in [3.63, 3.8) is 0 Å². The number of hydrogen-bond donors (Lipinski definition) is 1. The maximum Gasteiger partial charge on any atom is 0.237 e. The molecule has 3 rings (SSSR count). The smallest absolute Gasteiger partial charge is 0.237 e. The number of nitrogens with one attached hydrogen (secondary N) is 1. The quantitative estimate of drug-likeness (QED) is 0.429. The molecule has 0 radical (unpaired) electrons. The van der Waals surface area contributed by atoms with Crippen molar-refractivity contribution >= 4 is 46.6 Å². The number of hydrogen-bond acceptors (Lipinski definition) is 4. The zero-order valence-corrected chi connectivity index (χ0v) is 18.2. The molecule has 150 valence electrons. The Labute approximate surface area is 179 Å². The van der Waals surface area contributed by atoms with Gasteiger partial charge in [0.25, 0.3) is 0 Å². The second kappa shape index (κ2) is 9.81. The van der Waals surface area contributed by atoms with E-state index in [0.29, 0.717) is 28.2 Å². The van der Waals surface area contributed by atoms with Gasteiger partial charge in [-0.15, -0.1) is 16.8 Å². The molecule has 5 nitrogen and oxygen atoms in total. The standard InChI is InChI=1S/C20H24Cl2N4OS/c1-3-11-26-18(14-7-5-4-6-8-14)24-25-20(26)28-13(2)19(27)23-17-10-9-15(21)12-16(17)22/h3,9-10,12-14H,1,4-8,11H2,2H3,(H,23,27). The molecule has 1 amide bonds. The molecule has 28 heavy (non-hydrogen) atoms. The molecule has 1 unspecified atom stereocenters. The van der Waals surface area contributed by atoms with E-state index in [1.807, 2.05) is 13.0 Å². The fourth-order valence-corrected chi connectivity index (χ4v) is 4.71. The molecule has 1 heterocycles. The van der Waals surface area contributed by atoms with E-state index in [4.69, 9.17) is 23.2 Å². The van der Waals surface area contributed by atoms with Crippen LogP contribution in [-0.4, -0.2) is 25.9 Å². The molecule has 1 aliphatic rings. The van der Waals surface area contributed by atoms with Crippen molar-refractivity contribution < 1.29 is 4.79 Å². The van der Waals surface area contributed by atoms with Crippen LogP contribution < -0.4 is 5.32 Å². The van der Waals surface area contributed by atoms with E-state index in [-0.39, 0.29) is 11.2 Å². The Bertz CT molecular complexity index is 849. The summed E-state index contributed by atoms with van der Waals surface area (Å²) in [4.78, 5) is 12.6. The number of thioether (sulfide) groups is 1. The van der Waals surface area contributed by atoms with Gasteiger partial charge in [-0.3, -0.25) is 4.79 Å². The maximum atomic E-state index is 12.6. The minimum absolute atomic E-state index is 0.151. The van der Waals surface area contributed by atoms with E-state index < -0.39 is 0 Å². The lowest BCUT2D eigenvalue weighted by atomic mass is 9.89. The molecule has 1 aromatic heterocycles. The van der Waals surface area contributed by atoms with E-state index >= 15 is 0 Å². The molecule has 1 aromatic carbocycles. The number of halogens is 2. The number of nitrogens with zero attached hydrogens (tertiary/aromatic N) is 3. The Balaban J connectivity index is 1.71. The van der Waals surface area contributed by atoms with Crippen LogP contribution in [0.15, 0.2) is 36.0 Å². The lowest BCUT2D eigenvalue weighted by molar-refractivity contribution is -0.115.